The number of hydrogen-bond acceptors (Lipinski definition) is 3. The van der Waals surface area contributed by atoms with Crippen LogP contribution in [0, 0.1) is 0 Å². The second kappa shape index (κ2) is 5.12. The van der Waals surface area contributed by atoms with Gasteiger partial charge in [-0.15, -0.1) is 17.9 Å². The molecule has 1 aromatic heterocycles. The van der Waals surface area contributed by atoms with Crippen LogP contribution in [0.1, 0.15) is 16.6 Å². The van der Waals surface area contributed by atoms with Crippen molar-refractivity contribution in [1.29, 1.82) is 0 Å². The van der Waals surface area contributed by atoms with Crippen molar-refractivity contribution in [1.82, 2.24) is 5.32 Å². The van der Waals surface area contributed by atoms with Crippen LogP contribution in [0.4, 0.5) is 5.69 Å². The van der Waals surface area contributed by atoms with Crippen molar-refractivity contribution in [3.8, 4) is 0 Å². The first-order valence-electron chi connectivity index (χ1n) is 5.44. The van der Waals surface area contributed by atoms with Crippen LogP contribution < -0.4 is 11.1 Å². The van der Waals surface area contributed by atoms with E-state index in [9.17, 15) is 4.79 Å². The molecule has 0 aliphatic rings. The minimum Gasteiger partial charge on any atom is -0.397 e. The number of hydrogen-bond donors (Lipinski definition) is 2. The van der Waals surface area contributed by atoms with Crippen LogP contribution >= 0.6 is 27.3 Å². The van der Waals surface area contributed by atoms with Crippen molar-refractivity contribution < 1.29 is 4.79 Å². The highest BCUT2D eigenvalue weighted by Crippen LogP contribution is 2.38. The molecule has 0 saturated carbocycles. The molecule has 1 aromatic carbocycles. The Balaban J connectivity index is 2.46. The van der Waals surface area contributed by atoms with Crippen LogP contribution in [0.5, 0.6) is 0 Å². The minimum atomic E-state index is -0.159. The van der Waals surface area contributed by atoms with Gasteiger partial charge in [0.25, 0.3) is 5.91 Å². The summed E-state index contributed by atoms with van der Waals surface area (Å²) >= 11 is 4.85. The van der Waals surface area contributed by atoms with Crippen molar-refractivity contribution in [2.75, 3.05) is 5.73 Å². The Morgan fingerprint density at radius 2 is 2.33 bits per heavy atom. The number of anilines is 1. The van der Waals surface area contributed by atoms with Crippen LogP contribution in [0.3, 0.4) is 0 Å². The monoisotopic (exact) mass is 324 g/mol. The highest BCUT2D eigenvalue weighted by atomic mass is 79.9. The molecule has 2 aromatic rings. The summed E-state index contributed by atoms with van der Waals surface area (Å²) in [4.78, 5) is 12.6. The van der Waals surface area contributed by atoms with E-state index in [4.69, 9.17) is 5.73 Å². The lowest BCUT2D eigenvalue weighted by atomic mass is 10.2. The number of nitrogen functional groups attached to an aromatic ring is 1. The van der Waals surface area contributed by atoms with E-state index < -0.39 is 0 Å². The van der Waals surface area contributed by atoms with Crippen LogP contribution in [0.25, 0.3) is 10.1 Å². The summed E-state index contributed by atoms with van der Waals surface area (Å²) in [6.07, 6.45) is 1.68. The normalized spacial score (nSPS) is 12.3. The van der Waals surface area contributed by atoms with Gasteiger partial charge in [-0.3, -0.25) is 4.79 Å². The maximum atomic E-state index is 12.1. The summed E-state index contributed by atoms with van der Waals surface area (Å²) in [6.45, 7) is 5.50. The molecule has 0 spiro atoms. The molecule has 0 aliphatic carbocycles. The zero-order valence-electron chi connectivity index (χ0n) is 9.87. The zero-order valence-corrected chi connectivity index (χ0v) is 12.3. The molecule has 0 aliphatic heterocycles. The van der Waals surface area contributed by atoms with E-state index >= 15 is 0 Å². The van der Waals surface area contributed by atoms with Gasteiger partial charge in [-0.05, 0) is 19.1 Å². The van der Waals surface area contributed by atoms with Crippen LogP contribution in [-0.2, 0) is 0 Å². The number of thiophene rings is 1. The number of nitrogens with one attached hydrogen (secondary N) is 1. The maximum absolute atomic E-state index is 12.1. The minimum absolute atomic E-state index is 0.0782. The van der Waals surface area contributed by atoms with Gasteiger partial charge in [0.15, 0.2) is 0 Å². The number of carbonyl (C=O) groups is 1. The molecule has 3 nitrogen and oxygen atoms in total. The van der Waals surface area contributed by atoms with E-state index in [0.29, 0.717) is 10.6 Å². The highest BCUT2D eigenvalue weighted by Gasteiger charge is 2.18. The number of halogens is 1. The summed E-state index contributed by atoms with van der Waals surface area (Å²) in [6, 6.07) is 5.72. The summed E-state index contributed by atoms with van der Waals surface area (Å²) in [7, 11) is 0. The molecule has 0 fully saturated rings. The lowest BCUT2D eigenvalue weighted by Crippen LogP contribution is -2.30. The number of carbonyl (C=O) groups excluding carboxylic acids is 1. The molecule has 0 bridgehead atoms. The molecule has 0 saturated heterocycles. The number of benzene rings is 1. The maximum Gasteiger partial charge on any atom is 0.263 e. The first kappa shape index (κ1) is 13.1. The molecule has 3 N–H and O–H groups in total. The summed E-state index contributed by atoms with van der Waals surface area (Å²) in [5.74, 6) is -0.159. The van der Waals surface area contributed by atoms with Crippen LogP contribution in [-0.4, -0.2) is 11.9 Å². The second-order valence-electron chi connectivity index (χ2n) is 3.96. The fourth-order valence-electron chi connectivity index (χ4n) is 1.63. The molecule has 1 heterocycles. The third-order valence-corrected chi connectivity index (χ3v) is 4.45. The largest absolute Gasteiger partial charge is 0.397 e. The average molecular weight is 325 g/mol. The van der Waals surface area contributed by atoms with E-state index in [1.54, 1.807) is 6.08 Å². The lowest BCUT2D eigenvalue weighted by molar-refractivity contribution is 0.0952. The highest BCUT2D eigenvalue weighted by molar-refractivity contribution is 9.10. The Kier molecular flexibility index (Phi) is 3.73. The quantitative estimate of drug-likeness (QED) is 0.848. The second-order valence-corrected chi connectivity index (χ2v) is 5.86. The molecule has 94 valence electrons. The molecule has 2 rings (SSSR count). The zero-order chi connectivity index (χ0) is 13.3. The van der Waals surface area contributed by atoms with Gasteiger partial charge < -0.3 is 11.1 Å². The Morgan fingerprint density at radius 3 is 2.94 bits per heavy atom. The first-order chi connectivity index (χ1) is 8.54. The van der Waals surface area contributed by atoms with Gasteiger partial charge in [0.2, 0.25) is 0 Å². The topological polar surface area (TPSA) is 55.1 Å². The summed E-state index contributed by atoms with van der Waals surface area (Å²) < 4.78 is 1.91. The van der Waals surface area contributed by atoms with Crippen LogP contribution in [0.2, 0.25) is 0 Å². The van der Waals surface area contributed by atoms with Gasteiger partial charge in [-0.2, -0.15) is 0 Å². The number of fused-ring (bicyclic) bond motifs is 1. The Morgan fingerprint density at radius 1 is 1.61 bits per heavy atom. The first-order valence-corrected chi connectivity index (χ1v) is 7.05. The van der Waals surface area contributed by atoms with Crippen molar-refractivity contribution in [2.45, 2.75) is 13.0 Å². The van der Waals surface area contributed by atoms with E-state index in [2.05, 4.69) is 27.8 Å². The van der Waals surface area contributed by atoms with Gasteiger partial charge >= 0.3 is 0 Å². The van der Waals surface area contributed by atoms with Gasteiger partial charge in [0.1, 0.15) is 4.88 Å². The SMILES string of the molecule is C=CC(C)NC(=O)c1sc2cccc(Br)c2c1N. The van der Waals surface area contributed by atoms with Gasteiger partial charge in [-0.1, -0.05) is 28.1 Å². The van der Waals surface area contributed by atoms with E-state index in [1.165, 1.54) is 11.3 Å². The Bertz CT molecular complexity index is 621. The lowest BCUT2D eigenvalue weighted by Gasteiger charge is -2.08. The van der Waals surface area contributed by atoms with Crippen molar-refractivity contribution in [3.63, 3.8) is 0 Å². The van der Waals surface area contributed by atoms with Crippen molar-refractivity contribution >= 4 is 48.9 Å². The van der Waals surface area contributed by atoms with Crippen molar-refractivity contribution in [3.05, 3.63) is 40.2 Å². The fourth-order valence-corrected chi connectivity index (χ4v) is 3.39. The third kappa shape index (κ3) is 2.28. The average Bonchev–Trinajstić information content (AvgIpc) is 2.68. The predicted octanol–water partition coefficient (Wildman–Crippen LogP) is 3.55. The molecule has 1 amide bonds. The Labute approximate surface area is 118 Å². The molecule has 0 radical (unpaired) electrons. The third-order valence-electron chi connectivity index (χ3n) is 2.62. The molecule has 18 heavy (non-hydrogen) atoms. The number of rotatable bonds is 3. The van der Waals surface area contributed by atoms with Crippen LogP contribution in [0.15, 0.2) is 35.3 Å². The number of nitrogens with two attached hydrogens (primary N) is 1. The summed E-state index contributed by atoms with van der Waals surface area (Å²) in [5, 5.41) is 3.73. The van der Waals surface area contributed by atoms with Gasteiger partial charge in [0, 0.05) is 20.6 Å². The van der Waals surface area contributed by atoms with E-state index in [0.717, 1.165) is 14.6 Å². The van der Waals surface area contributed by atoms with Gasteiger partial charge in [0.05, 0.1) is 5.69 Å². The summed E-state index contributed by atoms with van der Waals surface area (Å²) in [5.41, 5.74) is 6.58. The predicted molar refractivity (Wildman–Crippen MR) is 81.1 cm³/mol. The number of amides is 1. The van der Waals surface area contributed by atoms with E-state index in [1.807, 2.05) is 25.1 Å². The molecule has 5 heteroatoms. The van der Waals surface area contributed by atoms with Crippen molar-refractivity contribution in [2.24, 2.45) is 0 Å². The standard InChI is InChI=1S/C13H13BrN2OS/c1-3-7(2)16-13(17)12-11(15)10-8(14)5-4-6-9(10)18-12/h3-7H,1,15H2,2H3,(H,16,17). The molecular weight excluding hydrogens is 312 g/mol. The molecular formula is C13H13BrN2OS. The van der Waals surface area contributed by atoms with Gasteiger partial charge in [-0.25, -0.2) is 0 Å². The van der Waals surface area contributed by atoms with E-state index in [-0.39, 0.29) is 11.9 Å². The molecule has 1 atom stereocenters. The molecule has 1 unspecified atom stereocenters. The smallest absolute Gasteiger partial charge is 0.263 e. The Hall–Kier alpha value is -1.33. The fraction of sp³-hybridized carbons (Fsp3) is 0.154.